The van der Waals surface area contributed by atoms with Gasteiger partial charge in [-0.05, 0) is 31.0 Å². The fourth-order valence-electron chi connectivity index (χ4n) is 1.68. The first-order valence-corrected chi connectivity index (χ1v) is 7.19. The summed E-state index contributed by atoms with van der Waals surface area (Å²) in [5.41, 5.74) is 1.07. The first kappa shape index (κ1) is 14.5. The van der Waals surface area contributed by atoms with Crippen LogP contribution in [0.1, 0.15) is 39.3 Å². The summed E-state index contributed by atoms with van der Waals surface area (Å²) < 4.78 is 13.9. The molecule has 1 rings (SSSR count). The lowest BCUT2D eigenvalue weighted by molar-refractivity contribution is 0.557. The molecular weight excluding hydrogens is 233 g/mol. The smallest absolute Gasteiger partial charge is 0.137 e. The largest absolute Gasteiger partial charge is 0.310 e. The SMILES string of the molecule is CCNC(C)c1cccc(F)c1SCC(C)C. The molecule has 0 amide bonds. The van der Waals surface area contributed by atoms with Crippen LogP contribution in [0, 0.1) is 11.7 Å². The lowest BCUT2D eigenvalue weighted by atomic mass is 10.1. The number of benzene rings is 1. The van der Waals surface area contributed by atoms with Crippen LogP contribution in [0.15, 0.2) is 23.1 Å². The summed E-state index contributed by atoms with van der Waals surface area (Å²) in [6, 6.07) is 5.55. The molecule has 0 saturated carbocycles. The third-order valence-electron chi connectivity index (χ3n) is 2.54. The molecule has 3 heteroatoms. The Morgan fingerprint density at radius 3 is 2.59 bits per heavy atom. The van der Waals surface area contributed by atoms with E-state index in [1.54, 1.807) is 23.9 Å². The van der Waals surface area contributed by atoms with Gasteiger partial charge in [-0.25, -0.2) is 4.39 Å². The highest BCUT2D eigenvalue weighted by Crippen LogP contribution is 2.31. The lowest BCUT2D eigenvalue weighted by Crippen LogP contribution is -2.18. The van der Waals surface area contributed by atoms with Crippen LogP contribution >= 0.6 is 11.8 Å². The minimum atomic E-state index is -0.0992. The first-order chi connectivity index (χ1) is 8.06. The van der Waals surface area contributed by atoms with E-state index in [1.807, 2.05) is 6.07 Å². The highest BCUT2D eigenvalue weighted by Gasteiger charge is 2.14. The second kappa shape index (κ2) is 7.02. The molecule has 0 radical (unpaired) electrons. The van der Waals surface area contributed by atoms with E-state index in [1.165, 1.54) is 0 Å². The van der Waals surface area contributed by atoms with Gasteiger partial charge in [-0.1, -0.05) is 32.9 Å². The van der Waals surface area contributed by atoms with Gasteiger partial charge in [-0.15, -0.1) is 11.8 Å². The topological polar surface area (TPSA) is 12.0 Å². The fourth-order valence-corrected chi connectivity index (χ4v) is 2.80. The molecule has 0 saturated heterocycles. The van der Waals surface area contributed by atoms with E-state index in [-0.39, 0.29) is 11.9 Å². The van der Waals surface area contributed by atoms with Crippen LogP contribution in [0.4, 0.5) is 4.39 Å². The van der Waals surface area contributed by atoms with Crippen molar-refractivity contribution in [2.24, 2.45) is 5.92 Å². The standard InChI is InChI=1S/C14H22FNS/c1-5-16-11(4)12-7-6-8-13(15)14(12)17-9-10(2)3/h6-8,10-11,16H,5,9H2,1-4H3. The van der Waals surface area contributed by atoms with Gasteiger partial charge in [0.1, 0.15) is 5.82 Å². The molecule has 1 aromatic carbocycles. The first-order valence-electron chi connectivity index (χ1n) is 6.20. The highest BCUT2D eigenvalue weighted by molar-refractivity contribution is 7.99. The number of halogens is 1. The number of hydrogen-bond acceptors (Lipinski definition) is 2. The van der Waals surface area contributed by atoms with Crippen molar-refractivity contribution in [3.05, 3.63) is 29.6 Å². The minimum absolute atomic E-state index is 0.0992. The zero-order chi connectivity index (χ0) is 12.8. The number of nitrogens with one attached hydrogen (secondary N) is 1. The number of hydrogen-bond donors (Lipinski definition) is 1. The Balaban J connectivity index is 2.91. The Kier molecular flexibility index (Phi) is 6.00. The summed E-state index contributed by atoms with van der Waals surface area (Å²) in [4.78, 5) is 0.801. The average molecular weight is 255 g/mol. The average Bonchev–Trinajstić information content (AvgIpc) is 2.27. The summed E-state index contributed by atoms with van der Waals surface area (Å²) in [6.45, 7) is 9.35. The van der Waals surface area contributed by atoms with Crippen LogP contribution in [-0.2, 0) is 0 Å². The van der Waals surface area contributed by atoms with Gasteiger partial charge in [-0.3, -0.25) is 0 Å². The predicted molar refractivity (Wildman–Crippen MR) is 74.1 cm³/mol. The summed E-state index contributed by atoms with van der Waals surface area (Å²) in [5.74, 6) is 1.42. The van der Waals surface area contributed by atoms with Gasteiger partial charge in [0.25, 0.3) is 0 Å². The molecule has 1 unspecified atom stereocenters. The Morgan fingerprint density at radius 2 is 2.00 bits per heavy atom. The van der Waals surface area contributed by atoms with E-state index in [9.17, 15) is 4.39 Å². The van der Waals surface area contributed by atoms with E-state index in [4.69, 9.17) is 0 Å². The van der Waals surface area contributed by atoms with Crippen molar-refractivity contribution in [3.8, 4) is 0 Å². The Morgan fingerprint density at radius 1 is 1.29 bits per heavy atom. The predicted octanol–water partition coefficient (Wildman–Crippen LogP) is 4.24. The van der Waals surface area contributed by atoms with E-state index in [0.29, 0.717) is 5.92 Å². The van der Waals surface area contributed by atoms with Gasteiger partial charge in [0.05, 0.1) is 0 Å². The summed E-state index contributed by atoms with van der Waals surface area (Å²) >= 11 is 1.62. The van der Waals surface area contributed by atoms with Crippen LogP contribution in [0.3, 0.4) is 0 Å². The molecule has 1 nitrogen and oxygen atoms in total. The van der Waals surface area contributed by atoms with Gasteiger partial charge in [-0.2, -0.15) is 0 Å². The maximum atomic E-state index is 13.9. The maximum absolute atomic E-state index is 13.9. The van der Waals surface area contributed by atoms with Gasteiger partial charge in [0.2, 0.25) is 0 Å². The third kappa shape index (κ3) is 4.32. The normalized spacial score (nSPS) is 13.1. The third-order valence-corrected chi connectivity index (χ3v) is 4.09. The van der Waals surface area contributed by atoms with Crippen molar-refractivity contribution in [3.63, 3.8) is 0 Å². The second-order valence-corrected chi connectivity index (χ2v) is 5.67. The molecule has 0 fully saturated rings. The van der Waals surface area contributed by atoms with Crippen molar-refractivity contribution in [1.82, 2.24) is 5.32 Å². The molecular formula is C14H22FNS. The Bertz CT molecular complexity index is 352. The molecule has 1 atom stereocenters. The van der Waals surface area contributed by atoms with Gasteiger partial charge >= 0.3 is 0 Å². The molecule has 96 valence electrons. The van der Waals surface area contributed by atoms with E-state index in [2.05, 4.69) is 33.0 Å². The number of thioether (sulfide) groups is 1. The van der Waals surface area contributed by atoms with E-state index < -0.39 is 0 Å². The van der Waals surface area contributed by atoms with Crippen molar-refractivity contribution in [1.29, 1.82) is 0 Å². The summed E-state index contributed by atoms with van der Waals surface area (Å²) in [6.07, 6.45) is 0. The molecule has 1 N–H and O–H groups in total. The lowest BCUT2D eigenvalue weighted by Gasteiger charge is -2.18. The second-order valence-electron chi connectivity index (χ2n) is 4.64. The van der Waals surface area contributed by atoms with Crippen LogP contribution in [0.2, 0.25) is 0 Å². The molecule has 0 aliphatic rings. The Hall–Kier alpha value is -0.540. The molecule has 1 aromatic rings. The molecule has 0 bridgehead atoms. The van der Waals surface area contributed by atoms with Crippen LogP contribution in [-0.4, -0.2) is 12.3 Å². The van der Waals surface area contributed by atoms with E-state index in [0.717, 1.165) is 22.8 Å². The molecule has 0 spiro atoms. The maximum Gasteiger partial charge on any atom is 0.137 e. The fraction of sp³-hybridized carbons (Fsp3) is 0.571. The number of rotatable bonds is 6. The van der Waals surface area contributed by atoms with Crippen molar-refractivity contribution < 1.29 is 4.39 Å². The quantitative estimate of drug-likeness (QED) is 0.763. The van der Waals surface area contributed by atoms with Gasteiger partial charge < -0.3 is 5.32 Å². The zero-order valence-corrected chi connectivity index (χ0v) is 11.9. The minimum Gasteiger partial charge on any atom is -0.310 e. The molecule has 0 aliphatic carbocycles. The molecule has 0 heterocycles. The summed E-state index contributed by atoms with van der Waals surface area (Å²) in [7, 11) is 0. The molecule has 17 heavy (non-hydrogen) atoms. The summed E-state index contributed by atoms with van der Waals surface area (Å²) in [5, 5.41) is 3.34. The van der Waals surface area contributed by atoms with E-state index >= 15 is 0 Å². The van der Waals surface area contributed by atoms with Crippen molar-refractivity contribution in [2.45, 2.75) is 38.6 Å². The molecule has 0 aliphatic heterocycles. The van der Waals surface area contributed by atoms with Crippen LogP contribution in [0.25, 0.3) is 0 Å². The highest BCUT2D eigenvalue weighted by atomic mass is 32.2. The van der Waals surface area contributed by atoms with Gasteiger partial charge in [0.15, 0.2) is 0 Å². The van der Waals surface area contributed by atoms with Crippen LogP contribution in [0.5, 0.6) is 0 Å². The van der Waals surface area contributed by atoms with Crippen molar-refractivity contribution >= 4 is 11.8 Å². The van der Waals surface area contributed by atoms with Crippen molar-refractivity contribution in [2.75, 3.05) is 12.3 Å². The molecule has 0 aromatic heterocycles. The Labute approximate surface area is 108 Å². The zero-order valence-electron chi connectivity index (χ0n) is 11.1. The van der Waals surface area contributed by atoms with Crippen LogP contribution < -0.4 is 5.32 Å². The van der Waals surface area contributed by atoms with Gasteiger partial charge in [0, 0.05) is 16.7 Å². The monoisotopic (exact) mass is 255 g/mol.